The molecular weight excluding hydrogens is 96.1 g/mol. The Kier molecular flexibility index (Phi) is 0.415. The Balaban J connectivity index is 2.13. The van der Waals surface area contributed by atoms with E-state index in [2.05, 4.69) is 6.08 Å². The second kappa shape index (κ2) is 0.896. The van der Waals surface area contributed by atoms with Crippen LogP contribution in [-0.2, 0) is 0 Å². The monoisotopic (exact) mass is 106 g/mol. The summed E-state index contributed by atoms with van der Waals surface area (Å²) in [6.07, 6.45) is 7.02. The minimum absolute atomic E-state index is 1.07. The molecule has 0 aliphatic heterocycles. The average molecular weight is 106 g/mol. The molecule has 0 aromatic heterocycles. The zero-order valence-corrected chi connectivity index (χ0v) is 4.93. The molecule has 0 heterocycles. The predicted molar refractivity (Wildman–Crippen MR) is 32.4 cm³/mol. The highest BCUT2D eigenvalue weighted by atomic mass is 14.6. The summed E-state index contributed by atoms with van der Waals surface area (Å²) in [6, 6.07) is 0. The van der Waals surface area contributed by atoms with E-state index in [9.17, 15) is 0 Å². The van der Waals surface area contributed by atoms with E-state index >= 15 is 0 Å². The Hall–Kier alpha value is -0.260. The molecule has 3 unspecified atom stereocenters. The summed E-state index contributed by atoms with van der Waals surface area (Å²) in [7, 11) is 0. The van der Waals surface area contributed by atoms with Gasteiger partial charge in [-0.05, 0) is 37.0 Å². The Morgan fingerprint density at radius 3 is 3.12 bits per heavy atom. The number of rotatable bonds is 0. The molecule has 3 aliphatic carbocycles. The van der Waals surface area contributed by atoms with E-state index in [4.69, 9.17) is 0 Å². The molecule has 0 aromatic carbocycles. The largest absolute Gasteiger partial charge is 0.0813 e. The molecule has 0 heteroatoms. The van der Waals surface area contributed by atoms with Crippen LogP contribution < -0.4 is 0 Å². The van der Waals surface area contributed by atoms with Crippen molar-refractivity contribution in [1.29, 1.82) is 0 Å². The molecular formula is C8H10. The maximum Gasteiger partial charge on any atom is -0.0111 e. The first-order valence-electron chi connectivity index (χ1n) is 3.66. The van der Waals surface area contributed by atoms with Gasteiger partial charge in [0.15, 0.2) is 0 Å². The summed E-state index contributed by atoms with van der Waals surface area (Å²) in [4.78, 5) is 0. The molecule has 0 spiro atoms. The minimum Gasteiger partial charge on any atom is -0.0813 e. The Bertz CT molecular complexity index is 165. The first kappa shape index (κ1) is 3.71. The molecule has 3 aliphatic rings. The smallest absolute Gasteiger partial charge is 0.0111 e. The lowest BCUT2D eigenvalue weighted by Crippen LogP contribution is -2.38. The Labute approximate surface area is 49.6 Å². The fraction of sp³-hybridized carbons (Fsp3) is 0.750. The third kappa shape index (κ3) is 0.211. The highest BCUT2D eigenvalue weighted by Gasteiger charge is 2.51. The number of hydrogen-bond donors (Lipinski definition) is 0. The van der Waals surface area contributed by atoms with Crippen LogP contribution in [0, 0.1) is 17.8 Å². The van der Waals surface area contributed by atoms with Crippen molar-refractivity contribution in [3.8, 4) is 0 Å². The van der Waals surface area contributed by atoms with Crippen molar-refractivity contribution in [3.05, 3.63) is 11.6 Å². The first-order valence-corrected chi connectivity index (χ1v) is 3.66. The zero-order valence-electron chi connectivity index (χ0n) is 4.93. The molecule has 8 heavy (non-hydrogen) atoms. The summed E-state index contributed by atoms with van der Waals surface area (Å²) in [6.45, 7) is 0. The van der Waals surface area contributed by atoms with Crippen molar-refractivity contribution >= 4 is 0 Å². The predicted octanol–water partition coefficient (Wildman–Crippen LogP) is 1.97. The van der Waals surface area contributed by atoms with Crippen LogP contribution in [0.15, 0.2) is 11.6 Å². The second-order valence-electron chi connectivity index (χ2n) is 3.47. The van der Waals surface area contributed by atoms with Gasteiger partial charge in [0, 0.05) is 0 Å². The van der Waals surface area contributed by atoms with Gasteiger partial charge in [-0.2, -0.15) is 0 Å². The van der Waals surface area contributed by atoms with E-state index < -0.39 is 0 Å². The lowest BCUT2D eigenvalue weighted by molar-refractivity contribution is 0.143. The lowest BCUT2D eigenvalue weighted by atomic mass is 9.59. The zero-order chi connectivity index (χ0) is 5.14. The van der Waals surface area contributed by atoms with Gasteiger partial charge in [-0.25, -0.2) is 0 Å². The molecule has 3 rings (SSSR count). The first-order chi connectivity index (χ1) is 3.95. The third-order valence-electron chi connectivity index (χ3n) is 3.20. The summed E-state index contributed by atoms with van der Waals surface area (Å²) in [5, 5.41) is 0. The van der Waals surface area contributed by atoms with Crippen molar-refractivity contribution < 1.29 is 0 Å². The Morgan fingerprint density at radius 1 is 1.50 bits per heavy atom. The van der Waals surface area contributed by atoms with Gasteiger partial charge in [-0.1, -0.05) is 11.6 Å². The molecule has 0 amide bonds. The molecule has 0 nitrogen and oxygen atoms in total. The van der Waals surface area contributed by atoms with E-state index in [0.717, 1.165) is 17.8 Å². The average Bonchev–Trinajstić information content (AvgIpc) is 2.02. The van der Waals surface area contributed by atoms with Gasteiger partial charge in [-0.3, -0.25) is 0 Å². The van der Waals surface area contributed by atoms with Crippen LogP contribution in [0.3, 0.4) is 0 Å². The van der Waals surface area contributed by atoms with Crippen molar-refractivity contribution in [2.75, 3.05) is 0 Å². The normalized spacial score (nSPS) is 56.0. The highest BCUT2D eigenvalue weighted by Crippen LogP contribution is 2.61. The SMILES string of the molecule is C1=C2CCC3CC1C23. The van der Waals surface area contributed by atoms with Gasteiger partial charge >= 0.3 is 0 Å². The van der Waals surface area contributed by atoms with Crippen LogP contribution in [0.4, 0.5) is 0 Å². The lowest BCUT2D eigenvalue weighted by Gasteiger charge is -2.46. The van der Waals surface area contributed by atoms with Crippen molar-refractivity contribution in [3.63, 3.8) is 0 Å². The van der Waals surface area contributed by atoms with Crippen LogP contribution in [0.5, 0.6) is 0 Å². The van der Waals surface area contributed by atoms with Crippen molar-refractivity contribution in [2.45, 2.75) is 19.3 Å². The minimum atomic E-state index is 1.07. The molecule has 2 fully saturated rings. The molecule has 42 valence electrons. The van der Waals surface area contributed by atoms with Gasteiger partial charge in [0.1, 0.15) is 0 Å². The topological polar surface area (TPSA) is 0 Å². The number of allylic oxidation sites excluding steroid dienone is 2. The summed E-state index contributed by atoms with van der Waals surface area (Å²) >= 11 is 0. The van der Waals surface area contributed by atoms with Crippen molar-refractivity contribution in [1.82, 2.24) is 0 Å². The van der Waals surface area contributed by atoms with E-state index in [1.165, 1.54) is 19.3 Å². The van der Waals surface area contributed by atoms with Crippen LogP contribution in [0.2, 0.25) is 0 Å². The molecule has 3 atom stereocenters. The summed E-state index contributed by atoms with van der Waals surface area (Å²) in [5.41, 5.74) is 1.81. The standard InChI is InChI=1S/C8H10/c1-2-6-4-7-3-5(1)8(6)7/h3,6-8H,1-2,4H2. The van der Waals surface area contributed by atoms with Gasteiger partial charge in [0.05, 0.1) is 0 Å². The fourth-order valence-electron chi connectivity index (χ4n) is 2.71. The van der Waals surface area contributed by atoms with Crippen LogP contribution in [-0.4, -0.2) is 0 Å². The van der Waals surface area contributed by atoms with Gasteiger partial charge in [-0.15, -0.1) is 0 Å². The van der Waals surface area contributed by atoms with Gasteiger partial charge < -0.3 is 0 Å². The van der Waals surface area contributed by atoms with Crippen molar-refractivity contribution in [2.24, 2.45) is 17.8 Å². The van der Waals surface area contributed by atoms with Crippen LogP contribution >= 0.6 is 0 Å². The fourth-order valence-corrected chi connectivity index (χ4v) is 2.71. The van der Waals surface area contributed by atoms with E-state index in [1.807, 2.05) is 5.57 Å². The van der Waals surface area contributed by atoms with Gasteiger partial charge in [0.2, 0.25) is 0 Å². The Morgan fingerprint density at radius 2 is 2.50 bits per heavy atom. The molecule has 0 bridgehead atoms. The van der Waals surface area contributed by atoms with Crippen LogP contribution in [0.25, 0.3) is 0 Å². The molecule has 0 aromatic rings. The quantitative estimate of drug-likeness (QED) is 0.414. The maximum atomic E-state index is 2.51. The molecule has 0 saturated heterocycles. The number of hydrogen-bond acceptors (Lipinski definition) is 0. The summed E-state index contributed by atoms with van der Waals surface area (Å²) in [5.74, 6) is 3.34. The van der Waals surface area contributed by atoms with Gasteiger partial charge in [0.25, 0.3) is 0 Å². The molecule has 0 radical (unpaired) electrons. The highest BCUT2D eigenvalue weighted by molar-refractivity contribution is 5.32. The van der Waals surface area contributed by atoms with E-state index in [-0.39, 0.29) is 0 Å². The maximum absolute atomic E-state index is 2.51. The van der Waals surface area contributed by atoms with Crippen LogP contribution in [0.1, 0.15) is 19.3 Å². The van der Waals surface area contributed by atoms with E-state index in [1.54, 1.807) is 0 Å². The third-order valence-corrected chi connectivity index (χ3v) is 3.20. The second-order valence-corrected chi connectivity index (χ2v) is 3.47. The molecule has 0 N–H and O–H groups in total. The van der Waals surface area contributed by atoms with E-state index in [0.29, 0.717) is 0 Å². The molecule has 2 saturated carbocycles. The summed E-state index contributed by atoms with van der Waals surface area (Å²) < 4.78 is 0.